The largest absolute Gasteiger partial charge is 0.293 e. The minimum absolute atomic E-state index is 1.03. The van der Waals surface area contributed by atoms with E-state index in [9.17, 15) is 0 Å². The van der Waals surface area contributed by atoms with E-state index in [1.807, 2.05) is 7.05 Å². The summed E-state index contributed by atoms with van der Waals surface area (Å²) in [5, 5.41) is 0. The molecule has 0 aliphatic carbocycles. The minimum atomic E-state index is 1.03. The molecule has 0 aromatic heterocycles. The molecule has 52 valence electrons. The third kappa shape index (κ3) is 3.95. The predicted octanol–water partition coefficient (Wildman–Crippen LogP) is 2.43. The zero-order valence-corrected chi connectivity index (χ0v) is 6.52. The monoisotopic (exact) mass is 125 g/mol. The SMILES string of the molecule is CC/C=C\C(CC)=NC. The first-order chi connectivity index (χ1) is 4.35. The van der Waals surface area contributed by atoms with Gasteiger partial charge in [0.05, 0.1) is 0 Å². The van der Waals surface area contributed by atoms with Crippen molar-refractivity contribution in [2.24, 2.45) is 4.99 Å². The quantitative estimate of drug-likeness (QED) is 0.514. The molecule has 0 aliphatic heterocycles. The molecule has 0 aromatic carbocycles. The number of allylic oxidation sites excluding steroid dienone is 2. The molecule has 0 amide bonds. The number of rotatable bonds is 3. The Morgan fingerprint density at radius 3 is 2.44 bits per heavy atom. The Morgan fingerprint density at radius 1 is 1.44 bits per heavy atom. The van der Waals surface area contributed by atoms with Gasteiger partial charge in [-0.1, -0.05) is 19.9 Å². The Labute approximate surface area is 57.5 Å². The van der Waals surface area contributed by atoms with E-state index in [2.05, 4.69) is 31.0 Å². The molecule has 0 saturated carbocycles. The molecule has 0 aromatic rings. The van der Waals surface area contributed by atoms with Crippen LogP contribution in [0.15, 0.2) is 17.1 Å². The van der Waals surface area contributed by atoms with Crippen LogP contribution >= 0.6 is 0 Å². The fraction of sp³-hybridized carbons (Fsp3) is 0.625. The smallest absolute Gasteiger partial charge is 0.0338 e. The fourth-order valence-corrected chi connectivity index (χ4v) is 0.604. The van der Waals surface area contributed by atoms with E-state index in [-0.39, 0.29) is 0 Å². The first-order valence-corrected chi connectivity index (χ1v) is 3.47. The van der Waals surface area contributed by atoms with Crippen molar-refractivity contribution < 1.29 is 0 Å². The highest BCUT2D eigenvalue weighted by atomic mass is 14.7. The summed E-state index contributed by atoms with van der Waals surface area (Å²) in [5.41, 5.74) is 1.18. The lowest BCUT2D eigenvalue weighted by Crippen LogP contribution is -1.87. The third-order valence-corrected chi connectivity index (χ3v) is 1.20. The summed E-state index contributed by atoms with van der Waals surface area (Å²) in [6.45, 7) is 4.24. The zero-order chi connectivity index (χ0) is 7.11. The molecular weight excluding hydrogens is 110 g/mol. The maximum atomic E-state index is 4.07. The molecule has 0 unspecified atom stereocenters. The van der Waals surface area contributed by atoms with E-state index in [0.29, 0.717) is 0 Å². The van der Waals surface area contributed by atoms with Gasteiger partial charge in [-0.2, -0.15) is 0 Å². The third-order valence-electron chi connectivity index (χ3n) is 1.20. The summed E-state index contributed by atoms with van der Waals surface area (Å²) >= 11 is 0. The lowest BCUT2D eigenvalue weighted by atomic mass is 10.2. The highest BCUT2D eigenvalue weighted by molar-refractivity contribution is 5.94. The molecule has 0 heterocycles. The van der Waals surface area contributed by atoms with Gasteiger partial charge < -0.3 is 0 Å². The van der Waals surface area contributed by atoms with E-state index in [4.69, 9.17) is 0 Å². The second-order valence-corrected chi connectivity index (χ2v) is 1.88. The standard InChI is InChI=1S/C8H15N/c1-4-6-7-8(5-2)9-3/h6-7H,4-5H2,1-3H3/b7-6-,9-8?. The van der Waals surface area contributed by atoms with Crippen LogP contribution in [0, 0.1) is 0 Å². The summed E-state index contributed by atoms with van der Waals surface area (Å²) in [7, 11) is 1.83. The molecule has 0 atom stereocenters. The highest BCUT2D eigenvalue weighted by Crippen LogP contribution is 1.88. The lowest BCUT2D eigenvalue weighted by molar-refractivity contribution is 1.21. The molecule has 9 heavy (non-hydrogen) atoms. The van der Waals surface area contributed by atoms with Crippen LogP contribution in [0.3, 0.4) is 0 Å². The maximum Gasteiger partial charge on any atom is 0.0338 e. The maximum absolute atomic E-state index is 4.07. The van der Waals surface area contributed by atoms with Crippen LogP contribution in [0.5, 0.6) is 0 Å². The van der Waals surface area contributed by atoms with Gasteiger partial charge >= 0.3 is 0 Å². The van der Waals surface area contributed by atoms with Gasteiger partial charge in [0.2, 0.25) is 0 Å². The van der Waals surface area contributed by atoms with E-state index < -0.39 is 0 Å². The second-order valence-electron chi connectivity index (χ2n) is 1.88. The normalized spacial score (nSPS) is 13.0. The molecule has 0 radical (unpaired) electrons. The first kappa shape index (κ1) is 8.41. The molecule has 0 fully saturated rings. The van der Waals surface area contributed by atoms with Gasteiger partial charge in [-0.25, -0.2) is 0 Å². The average Bonchev–Trinajstić information content (AvgIpc) is 1.91. The Kier molecular flexibility index (Phi) is 5.18. The Bertz CT molecular complexity index is 112. The fourth-order valence-electron chi connectivity index (χ4n) is 0.604. The van der Waals surface area contributed by atoms with Crippen LogP contribution in [-0.2, 0) is 0 Å². The lowest BCUT2D eigenvalue weighted by Gasteiger charge is -1.90. The Hall–Kier alpha value is -0.590. The second kappa shape index (κ2) is 5.54. The number of hydrogen-bond donors (Lipinski definition) is 0. The molecule has 1 heteroatoms. The number of nitrogens with zero attached hydrogens (tertiary/aromatic N) is 1. The number of hydrogen-bond acceptors (Lipinski definition) is 1. The van der Waals surface area contributed by atoms with Crippen LogP contribution < -0.4 is 0 Å². The first-order valence-electron chi connectivity index (χ1n) is 3.47. The predicted molar refractivity (Wildman–Crippen MR) is 43.1 cm³/mol. The van der Waals surface area contributed by atoms with E-state index >= 15 is 0 Å². The molecule has 0 N–H and O–H groups in total. The van der Waals surface area contributed by atoms with Crippen LogP contribution in [0.1, 0.15) is 26.7 Å². The van der Waals surface area contributed by atoms with Gasteiger partial charge in [-0.15, -0.1) is 0 Å². The molecule has 1 nitrogen and oxygen atoms in total. The summed E-state index contributed by atoms with van der Waals surface area (Å²) in [4.78, 5) is 4.07. The highest BCUT2D eigenvalue weighted by Gasteiger charge is 1.83. The van der Waals surface area contributed by atoms with Crippen LogP contribution in [0.4, 0.5) is 0 Å². The topological polar surface area (TPSA) is 12.4 Å². The average molecular weight is 125 g/mol. The molecule has 0 bridgehead atoms. The number of aliphatic imine (C=N–C) groups is 1. The van der Waals surface area contributed by atoms with Gasteiger partial charge in [0.15, 0.2) is 0 Å². The van der Waals surface area contributed by atoms with Gasteiger partial charge in [0.25, 0.3) is 0 Å². The van der Waals surface area contributed by atoms with Crippen molar-refractivity contribution in [1.82, 2.24) is 0 Å². The molecular formula is C8H15N. The summed E-state index contributed by atoms with van der Waals surface area (Å²) in [6.07, 6.45) is 6.35. The summed E-state index contributed by atoms with van der Waals surface area (Å²) in [6, 6.07) is 0. The van der Waals surface area contributed by atoms with Gasteiger partial charge in [0.1, 0.15) is 0 Å². The van der Waals surface area contributed by atoms with Gasteiger partial charge in [-0.05, 0) is 18.9 Å². The van der Waals surface area contributed by atoms with Crippen molar-refractivity contribution in [2.75, 3.05) is 7.05 Å². The van der Waals surface area contributed by atoms with E-state index in [0.717, 1.165) is 12.8 Å². The van der Waals surface area contributed by atoms with Crippen molar-refractivity contribution in [3.05, 3.63) is 12.2 Å². The zero-order valence-electron chi connectivity index (χ0n) is 6.52. The van der Waals surface area contributed by atoms with E-state index in [1.54, 1.807) is 0 Å². The Balaban J connectivity index is 3.70. The van der Waals surface area contributed by atoms with Crippen molar-refractivity contribution in [3.8, 4) is 0 Å². The van der Waals surface area contributed by atoms with Crippen molar-refractivity contribution >= 4 is 5.71 Å². The van der Waals surface area contributed by atoms with Gasteiger partial charge in [-0.3, -0.25) is 4.99 Å². The van der Waals surface area contributed by atoms with Gasteiger partial charge in [0, 0.05) is 12.8 Å². The van der Waals surface area contributed by atoms with Crippen LogP contribution in [-0.4, -0.2) is 12.8 Å². The van der Waals surface area contributed by atoms with Crippen LogP contribution in [0.2, 0.25) is 0 Å². The van der Waals surface area contributed by atoms with E-state index in [1.165, 1.54) is 5.71 Å². The van der Waals surface area contributed by atoms with Crippen molar-refractivity contribution in [2.45, 2.75) is 26.7 Å². The summed E-state index contributed by atoms with van der Waals surface area (Å²) in [5.74, 6) is 0. The molecule has 0 aliphatic rings. The van der Waals surface area contributed by atoms with Crippen LogP contribution in [0.25, 0.3) is 0 Å². The molecule has 0 saturated heterocycles. The van der Waals surface area contributed by atoms with Crippen molar-refractivity contribution in [3.63, 3.8) is 0 Å². The molecule has 0 rings (SSSR count). The Morgan fingerprint density at radius 2 is 2.11 bits per heavy atom. The summed E-state index contributed by atoms with van der Waals surface area (Å²) < 4.78 is 0. The van der Waals surface area contributed by atoms with Crippen molar-refractivity contribution in [1.29, 1.82) is 0 Å². The molecule has 0 spiro atoms. The minimum Gasteiger partial charge on any atom is -0.293 e.